The van der Waals surface area contributed by atoms with Crippen molar-refractivity contribution in [2.75, 3.05) is 6.61 Å². The van der Waals surface area contributed by atoms with E-state index in [0.717, 1.165) is 17.3 Å². The normalized spacial score (nSPS) is 14.3. The van der Waals surface area contributed by atoms with Crippen LogP contribution in [0.2, 0.25) is 5.28 Å². The van der Waals surface area contributed by atoms with E-state index >= 15 is 0 Å². The minimum absolute atomic E-state index is 0.0386. The van der Waals surface area contributed by atoms with Crippen molar-refractivity contribution in [3.05, 3.63) is 47.0 Å². The Morgan fingerprint density at radius 2 is 2.14 bits per heavy atom. The highest BCUT2D eigenvalue weighted by molar-refractivity contribution is 6.28. The SMILES string of the molecule is Fc1ccc2c(-c3nc(Cl)ncc3F)c3n(c2c1)CCOC3. The molecule has 112 valence electrons. The number of benzene rings is 1. The summed E-state index contributed by atoms with van der Waals surface area (Å²) < 4.78 is 35.2. The largest absolute Gasteiger partial charge is 0.373 e. The van der Waals surface area contributed by atoms with Crippen LogP contribution in [0.25, 0.3) is 22.2 Å². The average molecular weight is 322 g/mol. The molecule has 0 radical (unpaired) electrons. The van der Waals surface area contributed by atoms with Gasteiger partial charge in [0.05, 0.1) is 30.6 Å². The maximum Gasteiger partial charge on any atom is 0.223 e. The van der Waals surface area contributed by atoms with E-state index in [1.165, 1.54) is 12.1 Å². The number of hydrogen-bond donors (Lipinski definition) is 0. The molecule has 0 saturated heterocycles. The molecular weight excluding hydrogens is 312 g/mol. The van der Waals surface area contributed by atoms with Gasteiger partial charge in [-0.2, -0.15) is 0 Å². The lowest BCUT2D eigenvalue weighted by molar-refractivity contribution is 0.0869. The first-order valence-corrected chi connectivity index (χ1v) is 7.09. The van der Waals surface area contributed by atoms with Crippen LogP contribution in [0.15, 0.2) is 24.4 Å². The Labute approximate surface area is 129 Å². The van der Waals surface area contributed by atoms with E-state index in [-0.39, 0.29) is 16.8 Å². The van der Waals surface area contributed by atoms with Gasteiger partial charge in [0.1, 0.15) is 11.5 Å². The first-order chi connectivity index (χ1) is 10.6. The van der Waals surface area contributed by atoms with Crippen LogP contribution >= 0.6 is 11.6 Å². The third kappa shape index (κ3) is 1.99. The lowest BCUT2D eigenvalue weighted by Crippen LogP contribution is -2.16. The number of fused-ring (bicyclic) bond motifs is 3. The van der Waals surface area contributed by atoms with Gasteiger partial charge in [-0.05, 0) is 29.8 Å². The minimum Gasteiger partial charge on any atom is -0.373 e. The van der Waals surface area contributed by atoms with Gasteiger partial charge in [-0.3, -0.25) is 0 Å². The van der Waals surface area contributed by atoms with Crippen LogP contribution in [0.3, 0.4) is 0 Å². The fourth-order valence-corrected chi connectivity index (χ4v) is 3.02. The maximum absolute atomic E-state index is 14.2. The van der Waals surface area contributed by atoms with Crippen LogP contribution in [0.4, 0.5) is 8.78 Å². The molecule has 3 aromatic rings. The summed E-state index contributed by atoms with van der Waals surface area (Å²) in [5.74, 6) is -0.915. The molecule has 0 fully saturated rings. The quantitative estimate of drug-likeness (QED) is 0.643. The molecule has 0 amide bonds. The molecule has 0 spiro atoms. The van der Waals surface area contributed by atoms with Crippen LogP contribution in [0.1, 0.15) is 5.69 Å². The van der Waals surface area contributed by atoms with Crippen molar-refractivity contribution in [3.8, 4) is 11.3 Å². The van der Waals surface area contributed by atoms with Crippen molar-refractivity contribution in [3.63, 3.8) is 0 Å². The molecule has 22 heavy (non-hydrogen) atoms. The minimum atomic E-state index is -0.574. The van der Waals surface area contributed by atoms with Crippen molar-refractivity contribution in [1.82, 2.24) is 14.5 Å². The second kappa shape index (κ2) is 5.00. The Hall–Kier alpha value is -2.05. The Kier molecular flexibility index (Phi) is 3.09. The second-order valence-corrected chi connectivity index (χ2v) is 5.36. The molecule has 4 nitrogen and oxygen atoms in total. The topological polar surface area (TPSA) is 39.9 Å². The monoisotopic (exact) mass is 321 g/mol. The zero-order chi connectivity index (χ0) is 15.3. The molecule has 2 aromatic heterocycles. The van der Waals surface area contributed by atoms with Crippen LogP contribution in [0, 0.1) is 11.6 Å². The van der Waals surface area contributed by atoms with E-state index in [1.807, 2.05) is 4.57 Å². The highest BCUT2D eigenvalue weighted by atomic mass is 35.5. The molecule has 0 unspecified atom stereocenters. The zero-order valence-corrected chi connectivity index (χ0v) is 12.1. The van der Waals surface area contributed by atoms with Gasteiger partial charge in [-0.15, -0.1) is 0 Å². The lowest BCUT2D eigenvalue weighted by Gasteiger charge is -2.18. The summed E-state index contributed by atoms with van der Waals surface area (Å²) in [6, 6.07) is 4.41. The van der Waals surface area contributed by atoms with E-state index in [9.17, 15) is 8.78 Å². The van der Waals surface area contributed by atoms with Crippen LogP contribution in [0.5, 0.6) is 0 Å². The van der Waals surface area contributed by atoms with Crippen molar-refractivity contribution in [2.24, 2.45) is 0 Å². The summed E-state index contributed by atoms with van der Waals surface area (Å²) >= 11 is 5.81. The molecule has 7 heteroatoms. The number of nitrogens with zero attached hydrogens (tertiary/aromatic N) is 3. The first-order valence-electron chi connectivity index (χ1n) is 6.72. The fraction of sp³-hybridized carbons (Fsp3) is 0.200. The highest BCUT2D eigenvalue weighted by Gasteiger charge is 2.24. The molecular formula is C15H10ClF2N3O. The summed E-state index contributed by atoms with van der Waals surface area (Å²) in [5, 5.41) is 0.680. The lowest BCUT2D eigenvalue weighted by atomic mass is 10.1. The molecule has 0 atom stereocenters. The van der Waals surface area contributed by atoms with Crippen LogP contribution < -0.4 is 0 Å². The third-order valence-corrected chi connectivity index (χ3v) is 3.97. The molecule has 3 heterocycles. The van der Waals surface area contributed by atoms with Gasteiger partial charge in [-0.1, -0.05) is 0 Å². The molecule has 0 N–H and O–H groups in total. The molecule has 1 aliphatic heterocycles. The fourth-order valence-electron chi connectivity index (χ4n) is 2.89. The van der Waals surface area contributed by atoms with Gasteiger partial charge in [0.25, 0.3) is 0 Å². The number of aromatic nitrogens is 3. The van der Waals surface area contributed by atoms with E-state index in [0.29, 0.717) is 30.8 Å². The standard InChI is InChI=1S/C15H10ClF2N3O/c16-15-19-6-10(18)14(20-15)13-9-2-1-8(17)5-11(9)21-3-4-22-7-12(13)21/h1-2,5-6H,3-4,7H2. The van der Waals surface area contributed by atoms with Crippen LogP contribution in [-0.2, 0) is 17.9 Å². The van der Waals surface area contributed by atoms with Gasteiger partial charge in [0.15, 0.2) is 5.82 Å². The van der Waals surface area contributed by atoms with Gasteiger partial charge in [-0.25, -0.2) is 18.7 Å². The predicted molar refractivity (Wildman–Crippen MR) is 77.5 cm³/mol. The summed E-state index contributed by atoms with van der Waals surface area (Å²) in [6.45, 7) is 1.42. The van der Waals surface area contributed by atoms with Gasteiger partial charge in [0, 0.05) is 17.5 Å². The summed E-state index contributed by atoms with van der Waals surface area (Å²) in [5.41, 5.74) is 2.15. The third-order valence-electron chi connectivity index (χ3n) is 3.78. The smallest absolute Gasteiger partial charge is 0.223 e. The predicted octanol–water partition coefficient (Wildman–Crippen LogP) is 3.56. The summed E-state index contributed by atoms with van der Waals surface area (Å²) in [4.78, 5) is 7.65. The van der Waals surface area contributed by atoms with Crippen molar-refractivity contribution >= 4 is 22.5 Å². The van der Waals surface area contributed by atoms with Crippen LogP contribution in [-0.4, -0.2) is 21.1 Å². The Balaban J connectivity index is 2.11. The van der Waals surface area contributed by atoms with E-state index < -0.39 is 5.82 Å². The van der Waals surface area contributed by atoms with Crippen molar-refractivity contribution in [1.29, 1.82) is 0 Å². The average Bonchev–Trinajstić information content (AvgIpc) is 2.84. The molecule has 4 rings (SSSR count). The van der Waals surface area contributed by atoms with E-state index in [2.05, 4.69) is 9.97 Å². The van der Waals surface area contributed by atoms with Gasteiger partial charge in [0.2, 0.25) is 5.28 Å². The number of hydrogen-bond acceptors (Lipinski definition) is 3. The Morgan fingerprint density at radius 3 is 3.00 bits per heavy atom. The highest BCUT2D eigenvalue weighted by Crippen LogP contribution is 2.37. The van der Waals surface area contributed by atoms with E-state index in [1.54, 1.807) is 6.07 Å². The van der Waals surface area contributed by atoms with Gasteiger partial charge >= 0.3 is 0 Å². The molecule has 1 aromatic carbocycles. The second-order valence-electron chi connectivity index (χ2n) is 5.02. The number of halogens is 3. The first kappa shape index (κ1) is 13.6. The summed E-state index contributed by atoms with van der Waals surface area (Å²) in [6.07, 6.45) is 1.04. The number of rotatable bonds is 1. The Bertz CT molecular complexity index is 894. The zero-order valence-electron chi connectivity index (χ0n) is 11.3. The Morgan fingerprint density at radius 1 is 1.27 bits per heavy atom. The molecule has 0 aliphatic carbocycles. The maximum atomic E-state index is 14.2. The summed E-state index contributed by atoms with van der Waals surface area (Å²) in [7, 11) is 0. The molecule has 1 aliphatic rings. The van der Waals surface area contributed by atoms with Gasteiger partial charge < -0.3 is 9.30 Å². The molecule has 0 saturated carbocycles. The van der Waals surface area contributed by atoms with Crippen molar-refractivity contribution in [2.45, 2.75) is 13.2 Å². The van der Waals surface area contributed by atoms with E-state index in [4.69, 9.17) is 16.3 Å². The molecule has 0 bridgehead atoms. The van der Waals surface area contributed by atoms with Crippen molar-refractivity contribution < 1.29 is 13.5 Å². The number of ether oxygens (including phenoxy) is 1.